The van der Waals surface area contributed by atoms with E-state index in [2.05, 4.69) is 69.7 Å². The highest BCUT2D eigenvalue weighted by Crippen LogP contribution is 2.46. The summed E-state index contributed by atoms with van der Waals surface area (Å²) in [7, 11) is 0. The van der Waals surface area contributed by atoms with Crippen LogP contribution in [0.15, 0.2) is 48.5 Å². The molecule has 0 saturated carbocycles. The van der Waals surface area contributed by atoms with Gasteiger partial charge in [0, 0.05) is 84.6 Å². The molecule has 2 fully saturated rings. The first-order chi connectivity index (χ1) is 26.9. The number of hydrogen-bond donors (Lipinski definition) is 4. The number of carbonyl (C=O) groups is 6. The minimum Gasteiger partial charge on any atom is -0.383 e. The lowest BCUT2D eigenvalue weighted by Crippen LogP contribution is -2.54. The maximum atomic E-state index is 14.1. The van der Waals surface area contributed by atoms with Crippen molar-refractivity contribution in [1.29, 1.82) is 5.26 Å². The fraction of sp³-hybridized carbons (Fsp3) is 0.357. The Bertz CT molecular complexity index is 2420. The van der Waals surface area contributed by atoms with Crippen LogP contribution < -0.4 is 20.9 Å². The number of ketones is 1. The summed E-state index contributed by atoms with van der Waals surface area (Å²) in [6, 6.07) is 15.6. The molecule has 1 atom stereocenters. The number of anilines is 2. The third kappa shape index (κ3) is 6.08. The highest BCUT2D eigenvalue weighted by atomic mass is 16.2. The summed E-state index contributed by atoms with van der Waals surface area (Å²) in [5, 5.41) is 18.6. The molecule has 2 saturated heterocycles. The molecule has 8 rings (SSSR count). The lowest BCUT2D eigenvalue weighted by atomic mass is 9.70. The summed E-state index contributed by atoms with van der Waals surface area (Å²) < 4.78 is 0. The van der Waals surface area contributed by atoms with Gasteiger partial charge in [-0.25, -0.2) is 0 Å². The number of amides is 5. The fourth-order valence-corrected chi connectivity index (χ4v) is 8.62. The number of fused-ring (bicyclic) bond motifs is 5. The zero-order chi connectivity index (χ0) is 39.5. The number of hydrogen-bond acceptors (Lipinski definition) is 10. The average molecular weight is 755 g/mol. The number of aromatic nitrogens is 1. The van der Waals surface area contributed by atoms with Gasteiger partial charge in [-0.05, 0) is 60.4 Å². The Morgan fingerprint density at radius 3 is 2.46 bits per heavy atom. The smallest absolute Gasteiger partial charge is 0.264 e. The third-order valence-electron chi connectivity index (χ3n) is 11.6. The van der Waals surface area contributed by atoms with Crippen molar-refractivity contribution in [2.75, 3.05) is 56.0 Å². The predicted octanol–water partition coefficient (Wildman–Crippen LogP) is 3.22. The number of nitriles is 1. The number of H-pyrrole nitrogens is 1. The number of aromatic amines is 1. The topological polar surface area (TPSA) is 188 Å². The first-order valence-corrected chi connectivity index (χ1v) is 19.0. The average Bonchev–Trinajstić information content (AvgIpc) is 3.70. The predicted molar refractivity (Wildman–Crippen MR) is 208 cm³/mol. The summed E-state index contributed by atoms with van der Waals surface area (Å²) in [6.07, 6.45) is 0.878. The fourth-order valence-electron chi connectivity index (χ4n) is 8.62. The van der Waals surface area contributed by atoms with Gasteiger partial charge in [0.05, 0.1) is 34.9 Å². The molecule has 1 aliphatic carbocycles. The van der Waals surface area contributed by atoms with Crippen molar-refractivity contribution in [3.8, 4) is 6.07 Å². The molecule has 0 spiro atoms. The number of piperazine rings is 1. The van der Waals surface area contributed by atoms with E-state index in [1.165, 1.54) is 6.07 Å². The molecule has 56 heavy (non-hydrogen) atoms. The zero-order valence-electron chi connectivity index (χ0n) is 31.5. The van der Waals surface area contributed by atoms with E-state index >= 15 is 0 Å². The molecular formula is C42H42N8O6. The quantitative estimate of drug-likeness (QED) is 0.146. The molecule has 4 N–H and O–H groups in total. The zero-order valence-corrected chi connectivity index (χ0v) is 31.5. The molecule has 286 valence electrons. The molecule has 0 radical (unpaired) electrons. The van der Waals surface area contributed by atoms with Crippen LogP contribution in [0.25, 0.3) is 10.9 Å². The minimum atomic E-state index is -1.05. The molecule has 1 unspecified atom stereocenters. The summed E-state index contributed by atoms with van der Waals surface area (Å²) in [4.78, 5) is 86.4. The van der Waals surface area contributed by atoms with Gasteiger partial charge in [-0.1, -0.05) is 32.9 Å². The van der Waals surface area contributed by atoms with Gasteiger partial charge in [-0.2, -0.15) is 5.26 Å². The van der Waals surface area contributed by atoms with Crippen molar-refractivity contribution in [1.82, 2.24) is 25.4 Å². The Morgan fingerprint density at radius 1 is 0.946 bits per heavy atom. The van der Waals surface area contributed by atoms with Crippen LogP contribution in [0.5, 0.6) is 0 Å². The van der Waals surface area contributed by atoms with Gasteiger partial charge < -0.3 is 20.5 Å². The second kappa shape index (κ2) is 14.1. The number of aryl methyl sites for hydroxylation is 1. The van der Waals surface area contributed by atoms with Crippen molar-refractivity contribution >= 4 is 57.6 Å². The third-order valence-corrected chi connectivity index (χ3v) is 11.6. The van der Waals surface area contributed by atoms with E-state index in [4.69, 9.17) is 0 Å². The molecule has 4 aliphatic rings. The Morgan fingerprint density at radius 2 is 1.73 bits per heavy atom. The van der Waals surface area contributed by atoms with Crippen LogP contribution in [0.4, 0.5) is 11.4 Å². The molecule has 0 bridgehead atoms. The molecule has 14 nitrogen and oxygen atoms in total. The van der Waals surface area contributed by atoms with Crippen molar-refractivity contribution in [2.45, 2.75) is 51.5 Å². The molecular weight excluding hydrogens is 713 g/mol. The maximum absolute atomic E-state index is 14.1. The van der Waals surface area contributed by atoms with Crippen LogP contribution in [-0.2, 0) is 26.2 Å². The van der Waals surface area contributed by atoms with Crippen molar-refractivity contribution in [2.24, 2.45) is 0 Å². The highest BCUT2D eigenvalue weighted by molar-refractivity contribution is 6.25. The molecule has 4 heterocycles. The van der Waals surface area contributed by atoms with E-state index < -0.39 is 35.1 Å². The van der Waals surface area contributed by atoms with Gasteiger partial charge in [0.1, 0.15) is 6.04 Å². The second-order valence-electron chi connectivity index (χ2n) is 15.3. The molecule has 14 heteroatoms. The van der Waals surface area contributed by atoms with E-state index in [0.29, 0.717) is 55.1 Å². The van der Waals surface area contributed by atoms with Gasteiger partial charge in [0.25, 0.3) is 11.8 Å². The summed E-state index contributed by atoms with van der Waals surface area (Å²) in [6.45, 7) is 9.94. The normalized spacial score (nSPS) is 19.0. The number of benzene rings is 3. The first kappa shape index (κ1) is 36.6. The van der Waals surface area contributed by atoms with E-state index in [1.54, 1.807) is 24.3 Å². The Hall–Kier alpha value is -6.33. The van der Waals surface area contributed by atoms with Crippen LogP contribution in [0.2, 0.25) is 0 Å². The molecule has 1 aromatic heterocycles. The van der Waals surface area contributed by atoms with Crippen molar-refractivity contribution < 1.29 is 28.8 Å². The van der Waals surface area contributed by atoms with Crippen LogP contribution in [-0.4, -0.2) is 102 Å². The highest BCUT2D eigenvalue weighted by Gasteiger charge is 2.46. The summed E-state index contributed by atoms with van der Waals surface area (Å²) >= 11 is 0. The minimum absolute atomic E-state index is 0.00902. The van der Waals surface area contributed by atoms with Gasteiger partial charge in [-0.3, -0.25) is 43.9 Å². The van der Waals surface area contributed by atoms with Crippen LogP contribution in [0, 0.1) is 11.3 Å². The van der Waals surface area contributed by atoms with E-state index in [0.717, 1.165) is 44.7 Å². The number of imide groups is 2. The SMILES string of the molecule is CCc1cc2c(cc1N1CCN(CC(=O)NCCNc3cccc4c3C(=O)N(C3CCC(=O)NC3=O)C4=O)CC1)C(C)(C)c1[nH]c3cc(C#N)ccc3c1C2=O. The van der Waals surface area contributed by atoms with Crippen LogP contribution in [0.3, 0.4) is 0 Å². The van der Waals surface area contributed by atoms with Gasteiger partial charge >= 0.3 is 0 Å². The number of piperidine rings is 1. The number of nitrogens with one attached hydrogen (secondary N) is 4. The lowest BCUT2D eigenvalue weighted by Gasteiger charge is -2.39. The lowest BCUT2D eigenvalue weighted by molar-refractivity contribution is -0.136. The number of nitrogens with zero attached hydrogens (tertiary/aromatic N) is 4. The molecule has 3 aliphatic heterocycles. The largest absolute Gasteiger partial charge is 0.383 e. The second-order valence-corrected chi connectivity index (χ2v) is 15.3. The van der Waals surface area contributed by atoms with Gasteiger partial charge in [-0.15, -0.1) is 0 Å². The standard InChI is InChI=1S/C42H42N8O6/c1-4-24-19-27-28(42(2,3)38-36(37(27)53)25-9-8-23(21-43)18-30(25)46-38)20-32(24)49-16-14-48(15-17-49)22-34(52)45-13-12-44-29-7-5-6-26-35(29)41(56)50(40(26)55)31-10-11-33(51)47-39(31)54/h5-9,18-20,31,44,46H,4,10-17,22H2,1-3H3,(H,45,52)(H,47,51,54). The van der Waals surface area contributed by atoms with Crippen molar-refractivity contribution in [3.63, 3.8) is 0 Å². The maximum Gasteiger partial charge on any atom is 0.264 e. The Balaban J connectivity index is 0.870. The van der Waals surface area contributed by atoms with Gasteiger partial charge in [0.15, 0.2) is 5.78 Å². The monoisotopic (exact) mass is 754 g/mol. The van der Waals surface area contributed by atoms with Crippen LogP contribution in [0.1, 0.15) is 92.6 Å². The van der Waals surface area contributed by atoms with Crippen LogP contribution >= 0.6 is 0 Å². The van der Waals surface area contributed by atoms with E-state index in [1.807, 2.05) is 6.07 Å². The Labute approximate surface area is 323 Å². The summed E-state index contributed by atoms with van der Waals surface area (Å²) in [5.41, 5.74) is 7.03. The Kier molecular flexibility index (Phi) is 9.20. The number of carbonyl (C=O) groups excluding carboxylic acids is 6. The van der Waals surface area contributed by atoms with Crippen molar-refractivity contribution in [3.05, 3.63) is 93.2 Å². The molecule has 4 aromatic rings. The molecule has 5 amide bonds. The van der Waals surface area contributed by atoms with Gasteiger partial charge in [0.2, 0.25) is 17.7 Å². The van der Waals surface area contributed by atoms with E-state index in [-0.39, 0.29) is 48.7 Å². The number of rotatable bonds is 9. The van der Waals surface area contributed by atoms with E-state index in [9.17, 15) is 34.0 Å². The first-order valence-electron chi connectivity index (χ1n) is 19.0. The molecule has 3 aromatic carbocycles. The summed E-state index contributed by atoms with van der Waals surface area (Å²) in [5.74, 6) is -2.41.